The van der Waals surface area contributed by atoms with E-state index >= 15 is 0 Å². The van der Waals surface area contributed by atoms with Crippen LogP contribution in [0.4, 0.5) is 0 Å². The standard InChI is InChI=1S/C19H25N2O2/c1-14-7-4-5-9-20(14)13-19(22)18-11-15(2)21(16(18)3)12-17-8-6-10-23-17/h4-5,7,9,11,17H,6,8,10,12-13H2,1-3H3/q+1/t17-/m0/s1. The zero-order chi connectivity index (χ0) is 16.4. The summed E-state index contributed by atoms with van der Waals surface area (Å²) in [6.07, 6.45) is 4.49. The van der Waals surface area contributed by atoms with Crippen LogP contribution in [-0.4, -0.2) is 23.1 Å². The molecule has 1 aliphatic rings. The third-order valence-corrected chi connectivity index (χ3v) is 4.77. The van der Waals surface area contributed by atoms with E-state index in [4.69, 9.17) is 4.74 Å². The number of nitrogens with zero attached hydrogens (tertiary/aromatic N) is 2. The van der Waals surface area contributed by atoms with Crippen molar-refractivity contribution in [2.75, 3.05) is 6.61 Å². The predicted molar refractivity (Wildman–Crippen MR) is 88.6 cm³/mol. The third kappa shape index (κ3) is 3.37. The topological polar surface area (TPSA) is 35.1 Å². The molecule has 0 saturated carbocycles. The van der Waals surface area contributed by atoms with Gasteiger partial charge in [-0.3, -0.25) is 4.79 Å². The minimum absolute atomic E-state index is 0.163. The normalized spacial score (nSPS) is 17.6. The molecule has 0 aromatic carbocycles. The second kappa shape index (κ2) is 6.67. The van der Waals surface area contributed by atoms with Gasteiger partial charge in [-0.05, 0) is 32.8 Å². The van der Waals surface area contributed by atoms with Gasteiger partial charge in [0.2, 0.25) is 12.3 Å². The minimum Gasteiger partial charge on any atom is -0.376 e. The molecule has 0 amide bonds. The van der Waals surface area contributed by atoms with Gasteiger partial charge in [-0.1, -0.05) is 6.07 Å². The smallest absolute Gasteiger partial charge is 0.229 e. The minimum atomic E-state index is 0.163. The van der Waals surface area contributed by atoms with Gasteiger partial charge in [-0.15, -0.1) is 0 Å². The monoisotopic (exact) mass is 313 g/mol. The average molecular weight is 313 g/mol. The molecule has 0 N–H and O–H groups in total. The average Bonchev–Trinajstić information content (AvgIpc) is 3.13. The van der Waals surface area contributed by atoms with Gasteiger partial charge in [0.15, 0.2) is 11.9 Å². The van der Waals surface area contributed by atoms with Crippen molar-refractivity contribution in [2.45, 2.75) is 52.8 Å². The van der Waals surface area contributed by atoms with Gasteiger partial charge >= 0.3 is 0 Å². The highest BCUT2D eigenvalue weighted by Crippen LogP contribution is 2.20. The number of carbonyl (C=O) groups excluding carboxylic acids is 1. The highest BCUT2D eigenvalue weighted by Gasteiger charge is 2.23. The van der Waals surface area contributed by atoms with Crippen LogP contribution in [0.1, 0.15) is 40.3 Å². The number of ketones is 1. The van der Waals surface area contributed by atoms with Gasteiger partial charge in [-0.2, -0.15) is 4.57 Å². The Bertz CT molecular complexity index is 712. The number of aromatic nitrogens is 2. The van der Waals surface area contributed by atoms with Gasteiger partial charge in [-0.25, -0.2) is 0 Å². The fraction of sp³-hybridized carbons (Fsp3) is 0.474. The molecule has 0 unspecified atom stereocenters. The lowest BCUT2D eigenvalue weighted by Crippen LogP contribution is -2.40. The summed E-state index contributed by atoms with van der Waals surface area (Å²) < 4.78 is 9.96. The molecule has 122 valence electrons. The summed E-state index contributed by atoms with van der Waals surface area (Å²) in [4.78, 5) is 12.7. The van der Waals surface area contributed by atoms with Crippen LogP contribution in [0.2, 0.25) is 0 Å². The Balaban J connectivity index is 1.79. The molecular weight excluding hydrogens is 288 g/mol. The number of ether oxygens (including phenoxy) is 1. The van der Waals surface area contributed by atoms with Gasteiger partial charge < -0.3 is 9.30 Å². The van der Waals surface area contributed by atoms with Crippen LogP contribution < -0.4 is 4.57 Å². The molecule has 4 nitrogen and oxygen atoms in total. The number of pyridine rings is 1. The SMILES string of the molecule is Cc1cc(C(=O)C[n+]2ccccc2C)c(C)n1C[C@@H]1CCCO1. The first-order valence-electron chi connectivity index (χ1n) is 8.33. The van der Waals surface area contributed by atoms with E-state index in [2.05, 4.69) is 11.5 Å². The molecule has 4 heteroatoms. The molecule has 2 aromatic heterocycles. The van der Waals surface area contributed by atoms with Gasteiger partial charge in [0, 0.05) is 49.2 Å². The Hall–Kier alpha value is -1.94. The van der Waals surface area contributed by atoms with Crippen LogP contribution in [0, 0.1) is 20.8 Å². The highest BCUT2D eigenvalue weighted by molar-refractivity contribution is 5.96. The van der Waals surface area contributed by atoms with Crippen molar-refractivity contribution < 1.29 is 14.1 Å². The number of aryl methyl sites for hydroxylation is 2. The summed E-state index contributed by atoms with van der Waals surface area (Å²) in [6.45, 7) is 8.23. The molecule has 0 aliphatic carbocycles. The van der Waals surface area contributed by atoms with Gasteiger partial charge in [0.05, 0.1) is 6.10 Å². The second-order valence-corrected chi connectivity index (χ2v) is 6.42. The molecular formula is C19H25N2O2+. The van der Waals surface area contributed by atoms with Crippen LogP contribution in [-0.2, 0) is 17.8 Å². The van der Waals surface area contributed by atoms with Crippen LogP contribution >= 0.6 is 0 Å². The van der Waals surface area contributed by atoms with Crippen LogP contribution in [0.3, 0.4) is 0 Å². The molecule has 0 radical (unpaired) electrons. The van der Waals surface area contributed by atoms with E-state index in [-0.39, 0.29) is 11.9 Å². The van der Waals surface area contributed by atoms with E-state index in [1.54, 1.807) is 0 Å². The Morgan fingerprint density at radius 2 is 2.17 bits per heavy atom. The zero-order valence-electron chi connectivity index (χ0n) is 14.2. The first kappa shape index (κ1) is 15.9. The summed E-state index contributed by atoms with van der Waals surface area (Å²) in [5.74, 6) is 0.163. The second-order valence-electron chi connectivity index (χ2n) is 6.42. The Morgan fingerprint density at radius 3 is 2.87 bits per heavy atom. The van der Waals surface area contributed by atoms with E-state index < -0.39 is 0 Å². The van der Waals surface area contributed by atoms with E-state index in [9.17, 15) is 4.79 Å². The Labute approximate surface area is 137 Å². The lowest BCUT2D eigenvalue weighted by Gasteiger charge is -2.14. The summed E-state index contributed by atoms with van der Waals surface area (Å²) >= 11 is 0. The molecule has 0 bridgehead atoms. The van der Waals surface area contributed by atoms with E-state index in [0.717, 1.165) is 48.6 Å². The third-order valence-electron chi connectivity index (χ3n) is 4.77. The van der Waals surface area contributed by atoms with Crippen LogP contribution in [0.5, 0.6) is 0 Å². The summed E-state index contributed by atoms with van der Waals surface area (Å²) in [5, 5.41) is 0. The molecule has 1 atom stereocenters. The largest absolute Gasteiger partial charge is 0.376 e. The first-order valence-corrected chi connectivity index (χ1v) is 8.33. The van der Waals surface area contributed by atoms with Crippen LogP contribution in [0.25, 0.3) is 0 Å². The van der Waals surface area contributed by atoms with Gasteiger partial charge in [0.1, 0.15) is 0 Å². The molecule has 1 saturated heterocycles. The number of Topliss-reactive ketones (excluding diaryl/α,β-unsaturated/α-hetero) is 1. The number of hydrogen-bond acceptors (Lipinski definition) is 2. The van der Waals surface area contributed by atoms with Crippen molar-refractivity contribution >= 4 is 5.78 Å². The molecule has 1 aliphatic heterocycles. The number of carbonyl (C=O) groups is 1. The molecule has 1 fully saturated rings. The van der Waals surface area contributed by atoms with Crippen molar-refractivity contribution in [3.8, 4) is 0 Å². The number of rotatable bonds is 5. The lowest BCUT2D eigenvalue weighted by molar-refractivity contribution is -0.689. The van der Waals surface area contributed by atoms with Crippen molar-refractivity contribution in [2.24, 2.45) is 0 Å². The molecule has 3 rings (SSSR count). The maximum Gasteiger partial charge on any atom is 0.229 e. The quantitative estimate of drug-likeness (QED) is 0.628. The fourth-order valence-corrected chi connectivity index (χ4v) is 3.34. The maximum absolute atomic E-state index is 12.7. The lowest BCUT2D eigenvalue weighted by atomic mass is 10.1. The zero-order valence-corrected chi connectivity index (χ0v) is 14.2. The molecule has 3 heterocycles. The van der Waals surface area contributed by atoms with E-state index in [0.29, 0.717) is 6.54 Å². The maximum atomic E-state index is 12.7. The van der Waals surface area contributed by atoms with Crippen molar-refractivity contribution in [3.63, 3.8) is 0 Å². The van der Waals surface area contributed by atoms with Gasteiger partial charge in [0.25, 0.3) is 0 Å². The molecule has 0 spiro atoms. The molecule has 23 heavy (non-hydrogen) atoms. The predicted octanol–water partition coefficient (Wildman–Crippen LogP) is 2.76. The number of hydrogen-bond donors (Lipinski definition) is 0. The Kier molecular flexibility index (Phi) is 4.62. The fourth-order valence-electron chi connectivity index (χ4n) is 3.34. The van der Waals surface area contributed by atoms with E-state index in [1.807, 2.05) is 48.9 Å². The molecule has 2 aromatic rings. The van der Waals surface area contributed by atoms with Crippen molar-refractivity contribution in [3.05, 3.63) is 53.1 Å². The summed E-state index contributed by atoms with van der Waals surface area (Å²) in [6, 6.07) is 7.99. The Morgan fingerprint density at radius 1 is 1.35 bits per heavy atom. The van der Waals surface area contributed by atoms with E-state index in [1.165, 1.54) is 0 Å². The summed E-state index contributed by atoms with van der Waals surface area (Å²) in [5.41, 5.74) is 4.11. The van der Waals surface area contributed by atoms with Crippen molar-refractivity contribution in [1.29, 1.82) is 0 Å². The summed E-state index contributed by atoms with van der Waals surface area (Å²) in [7, 11) is 0. The first-order chi connectivity index (χ1) is 11.1. The van der Waals surface area contributed by atoms with Crippen LogP contribution in [0.15, 0.2) is 30.5 Å². The highest BCUT2D eigenvalue weighted by atomic mass is 16.5. The van der Waals surface area contributed by atoms with Crippen molar-refractivity contribution in [1.82, 2.24) is 4.57 Å².